The molecule has 0 aromatic heterocycles. The van der Waals surface area contributed by atoms with Crippen LogP contribution in [-0.2, 0) is 4.74 Å². The van der Waals surface area contributed by atoms with E-state index in [4.69, 9.17) is 9.84 Å². The number of ether oxygens (including phenoxy) is 1. The molecule has 0 saturated carbocycles. The second-order valence-corrected chi connectivity index (χ2v) is 2.79. The van der Waals surface area contributed by atoms with E-state index < -0.39 is 0 Å². The molecule has 3 heteroatoms. The molecule has 68 valence electrons. The summed E-state index contributed by atoms with van der Waals surface area (Å²) in [6.07, 6.45) is 1.71. The number of aliphatic hydroxyl groups excluding tert-OH is 1. The average molecular weight is 161 g/mol. The first kappa shape index (κ1) is 10.9. The molecule has 0 aromatic carbocycles. The zero-order valence-electron chi connectivity index (χ0n) is 7.68. The Labute approximate surface area is 68.8 Å². The first-order valence-electron chi connectivity index (χ1n) is 4.03. The summed E-state index contributed by atoms with van der Waals surface area (Å²) in [6, 6.07) is 0. The number of hydrogen-bond acceptors (Lipinski definition) is 3. The minimum absolute atomic E-state index is 0.0382. The van der Waals surface area contributed by atoms with E-state index in [-0.39, 0.29) is 12.1 Å². The fourth-order valence-corrected chi connectivity index (χ4v) is 1.22. The van der Waals surface area contributed by atoms with Gasteiger partial charge in [-0.2, -0.15) is 0 Å². The summed E-state index contributed by atoms with van der Waals surface area (Å²) in [6.45, 7) is 2.95. The quantitative estimate of drug-likeness (QED) is 0.592. The standard InChI is InChI=1S/C8H19NO2/c1-4-8(9-2,5-6-10)7-11-3/h9-10H,4-7H2,1-3H3. The highest BCUT2D eigenvalue weighted by Gasteiger charge is 2.24. The number of aliphatic hydroxyl groups is 1. The van der Waals surface area contributed by atoms with Crippen molar-refractivity contribution in [3.05, 3.63) is 0 Å². The van der Waals surface area contributed by atoms with Crippen molar-refractivity contribution in [2.45, 2.75) is 25.3 Å². The predicted octanol–water partition coefficient (Wildman–Crippen LogP) is 0.383. The normalized spacial score (nSPS) is 16.4. The zero-order valence-corrected chi connectivity index (χ0v) is 7.68. The maximum absolute atomic E-state index is 8.80. The van der Waals surface area contributed by atoms with E-state index >= 15 is 0 Å². The summed E-state index contributed by atoms with van der Waals surface area (Å²) in [4.78, 5) is 0. The lowest BCUT2D eigenvalue weighted by atomic mass is 9.94. The van der Waals surface area contributed by atoms with E-state index in [0.29, 0.717) is 6.61 Å². The van der Waals surface area contributed by atoms with Gasteiger partial charge in [-0.1, -0.05) is 6.92 Å². The highest BCUT2D eigenvalue weighted by Crippen LogP contribution is 2.14. The van der Waals surface area contributed by atoms with Gasteiger partial charge in [0, 0.05) is 19.3 Å². The zero-order chi connectivity index (χ0) is 8.74. The molecular formula is C8H19NO2. The third kappa shape index (κ3) is 3.18. The molecule has 0 aromatic rings. The van der Waals surface area contributed by atoms with E-state index in [1.807, 2.05) is 7.05 Å². The maximum Gasteiger partial charge on any atom is 0.0645 e. The van der Waals surface area contributed by atoms with Crippen LogP contribution >= 0.6 is 0 Å². The lowest BCUT2D eigenvalue weighted by Gasteiger charge is -2.30. The molecule has 0 bridgehead atoms. The second kappa shape index (κ2) is 5.52. The van der Waals surface area contributed by atoms with Crippen molar-refractivity contribution in [2.24, 2.45) is 0 Å². The van der Waals surface area contributed by atoms with Crippen LogP contribution in [0.1, 0.15) is 19.8 Å². The molecule has 3 nitrogen and oxygen atoms in total. The molecular weight excluding hydrogens is 142 g/mol. The smallest absolute Gasteiger partial charge is 0.0645 e. The summed E-state index contributed by atoms with van der Waals surface area (Å²) in [5, 5.41) is 12.0. The number of nitrogens with one attached hydrogen (secondary N) is 1. The van der Waals surface area contributed by atoms with Crippen LogP contribution in [0.25, 0.3) is 0 Å². The third-order valence-corrected chi connectivity index (χ3v) is 2.22. The topological polar surface area (TPSA) is 41.5 Å². The van der Waals surface area contributed by atoms with Crippen LogP contribution < -0.4 is 5.32 Å². The van der Waals surface area contributed by atoms with Crippen molar-refractivity contribution in [1.29, 1.82) is 0 Å². The summed E-state index contributed by atoms with van der Waals surface area (Å²) in [5.74, 6) is 0. The molecule has 1 atom stereocenters. The summed E-state index contributed by atoms with van der Waals surface area (Å²) in [5.41, 5.74) is -0.0382. The highest BCUT2D eigenvalue weighted by molar-refractivity contribution is 4.84. The van der Waals surface area contributed by atoms with Crippen LogP contribution in [0.5, 0.6) is 0 Å². The lowest BCUT2D eigenvalue weighted by molar-refractivity contribution is 0.0898. The Bertz CT molecular complexity index is 84.1. The van der Waals surface area contributed by atoms with Crippen LogP contribution in [0.15, 0.2) is 0 Å². The van der Waals surface area contributed by atoms with Crippen molar-refractivity contribution in [2.75, 3.05) is 27.4 Å². The Hall–Kier alpha value is -0.120. The van der Waals surface area contributed by atoms with Gasteiger partial charge in [0.1, 0.15) is 0 Å². The van der Waals surface area contributed by atoms with Crippen LogP contribution in [0.4, 0.5) is 0 Å². The lowest BCUT2D eigenvalue weighted by Crippen LogP contribution is -2.47. The predicted molar refractivity (Wildman–Crippen MR) is 45.7 cm³/mol. The van der Waals surface area contributed by atoms with Crippen molar-refractivity contribution in [3.8, 4) is 0 Å². The van der Waals surface area contributed by atoms with Gasteiger partial charge in [0.25, 0.3) is 0 Å². The summed E-state index contributed by atoms with van der Waals surface area (Å²) >= 11 is 0. The van der Waals surface area contributed by atoms with Gasteiger partial charge in [-0.15, -0.1) is 0 Å². The SMILES string of the molecule is CCC(CCO)(COC)NC. The number of methoxy groups -OCH3 is 1. The molecule has 0 radical (unpaired) electrons. The van der Waals surface area contributed by atoms with Crippen molar-refractivity contribution >= 4 is 0 Å². The first-order chi connectivity index (χ1) is 5.24. The van der Waals surface area contributed by atoms with Gasteiger partial charge >= 0.3 is 0 Å². The van der Waals surface area contributed by atoms with Crippen molar-refractivity contribution < 1.29 is 9.84 Å². The van der Waals surface area contributed by atoms with E-state index in [0.717, 1.165) is 12.8 Å². The Balaban J connectivity index is 3.96. The second-order valence-electron chi connectivity index (χ2n) is 2.79. The molecule has 0 heterocycles. The van der Waals surface area contributed by atoms with Crippen LogP contribution in [-0.4, -0.2) is 38.0 Å². The minimum Gasteiger partial charge on any atom is -0.396 e. The molecule has 0 rings (SSSR count). The van der Waals surface area contributed by atoms with E-state index in [2.05, 4.69) is 12.2 Å². The van der Waals surface area contributed by atoms with Gasteiger partial charge in [-0.05, 0) is 19.9 Å². The summed E-state index contributed by atoms with van der Waals surface area (Å²) in [7, 11) is 3.58. The molecule has 0 saturated heterocycles. The van der Waals surface area contributed by atoms with Crippen molar-refractivity contribution in [1.82, 2.24) is 5.32 Å². The first-order valence-corrected chi connectivity index (χ1v) is 4.03. The number of likely N-dealkylation sites (N-methyl/N-ethyl adjacent to an activating group) is 1. The maximum atomic E-state index is 8.80. The van der Waals surface area contributed by atoms with Crippen molar-refractivity contribution in [3.63, 3.8) is 0 Å². The average Bonchev–Trinajstić information content (AvgIpc) is 2.04. The van der Waals surface area contributed by atoms with Gasteiger partial charge in [0.05, 0.1) is 6.61 Å². The molecule has 0 fully saturated rings. The van der Waals surface area contributed by atoms with Gasteiger partial charge in [0.2, 0.25) is 0 Å². The molecule has 0 aliphatic heterocycles. The van der Waals surface area contributed by atoms with Crippen LogP contribution in [0.2, 0.25) is 0 Å². The highest BCUT2D eigenvalue weighted by atomic mass is 16.5. The fraction of sp³-hybridized carbons (Fsp3) is 1.00. The van der Waals surface area contributed by atoms with E-state index in [1.54, 1.807) is 7.11 Å². The molecule has 0 aliphatic carbocycles. The Morgan fingerprint density at radius 1 is 1.55 bits per heavy atom. The minimum atomic E-state index is -0.0382. The summed E-state index contributed by atoms with van der Waals surface area (Å²) < 4.78 is 5.07. The molecule has 2 N–H and O–H groups in total. The molecule has 0 spiro atoms. The number of hydrogen-bond donors (Lipinski definition) is 2. The van der Waals surface area contributed by atoms with Gasteiger partial charge in [-0.3, -0.25) is 0 Å². The monoisotopic (exact) mass is 161 g/mol. The Morgan fingerprint density at radius 2 is 2.18 bits per heavy atom. The number of rotatable bonds is 6. The third-order valence-electron chi connectivity index (χ3n) is 2.22. The fourth-order valence-electron chi connectivity index (χ4n) is 1.22. The van der Waals surface area contributed by atoms with E-state index in [1.165, 1.54) is 0 Å². The largest absolute Gasteiger partial charge is 0.396 e. The van der Waals surface area contributed by atoms with Crippen LogP contribution in [0, 0.1) is 0 Å². The Kier molecular flexibility index (Phi) is 5.46. The van der Waals surface area contributed by atoms with Gasteiger partial charge < -0.3 is 15.2 Å². The van der Waals surface area contributed by atoms with Gasteiger partial charge in [0.15, 0.2) is 0 Å². The molecule has 0 aliphatic rings. The molecule has 0 amide bonds. The molecule has 1 unspecified atom stereocenters. The molecule has 11 heavy (non-hydrogen) atoms. The van der Waals surface area contributed by atoms with Gasteiger partial charge in [-0.25, -0.2) is 0 Å². The van der Waals surface area contributed by atoms with Crippen LogP contribution in [0.3, 0.4) is 0 Å². The van der Waals surface area contributed by atoms with E-state index in [9.17, 15) is 0 Å². The Morgan fingerprint density at radius 3 is 2.45 bits per heavy atom.